The number of unbranched alkanes of at least 4 members (excludes halogenated alkanes) is 1. The van der Waals surface area contributed by atoms with Gasteiger partial charge < -0.3 is 15.0 Å². The van der Waals surface area contributed by atoms with Crippen LogP contribution in [0.2, 0.25) is 0 Å². The number of hydrogen-bond donors (Lipinski definition) is 2. The number of carbonyl (C=O) groups is 2. The Labute approximate surface area is 217 Å². The molecule has 0 saturated heterocycles. The molecule has 1 saturated carbocycles. The van der Waals surface area contributed by atoms with Gasteiger partial charge in [-0.2, -0.15) is 5.26 Å². The molecule has 4 aromatic rings. The van der Waals surface area contributed by atoms with E-state index in [1.165, 1.54) is 12.3 Å². The molecule has 0 radical (unpaired) electrons. The topological polar surface area (TPSA) is 125 Å². The lowest BCUT2D eigenvalue weighted by Crippen LogP contribution is -2.30. The predicted octanol–water partition coefficient (Wildman–Crippen LogP) is 4.41. The average Bonchev–Trinajstić information content (AvgIpc) is 3.73. The molecule has 2 heterocycles. The van der Waals surface area contributed by atoms with E-state index >= 15 is 0 Å². The number of fused-ring (bicyclic) bond motifs is 1. The molecular weight excluding hydrogens is 487 g/mol. The molecule has 0 bridgehead atoms. The number of amides is 1. The van der Waals surface area contributed by atoms with Crippen LogP contribution in [0, 0.1) is 23.1 Å². The molecule has 2 aromatic heterocycles. The fourth-order valence-corrected chi connectivity index (χ4v) is 4.64. The maximum absolute atomic E-state index is 14.9. The minimum atomic E-state index is -0.914. The van der Waals surface area contributed by atoms with Crippen molar-refractivity contribution in [1.29, 1.82) is 5.26 Å². The molecule has 38 heavy (non-hydrogen) atoms. The van der Waals surface area contributed by atoms with Gasteiger partial charge in [-0.1, -0.05) is 24.3 Å². The molecule has 0 unspecified atom stereocenters. The first-order valence-corrected chi connectivity index (χ1v) is 12.2. The third-order valence-corrected chi connectivity index (χ3v) is 6.72. The number of hydrogen-bond acceptors (Lipinski definition) is 5. The number of carboxylic acid groups (broad SMARTS) is 1. The van der Waals surface area contributed by atoms with Crippen LogP contribution in [0.3, 0.4) is 0 Å². The Bertz CT molecular complexity index is 1670. The zero-order valence-corrected chi connectivity index (χ0v) is 20.2. The van der Waals surface area contributed by atoms with Crippen molar-refractivity contribution in [2.45, 2.75) is 25.2 Å². The van der Waals surface area contributed by atoms with Crippen molar-refractivity contribution in [3.05, 3.63) is 94.2 Å². The first-order valence-electron chi connectivity index (χ1n) is 12.2. The number of rotatable bonds is 8. The second-order valence-corrected chi connectivity index (χ2v) is 9.21. The molecule has 190 valence electrons. The van der Waals surface area contributed by atoms with Gasteiger partial charge in [0.25, 0.3) is 5.91 Å². The number of carbonyl (C=O) groups excluding carboxylic acids is 1. The summed E-state index contributed by atoms with van der Waals surface area (Å²) in [4.78, 5) is 41.5. The van der Waals surface area contributed by atoms with Crippen molar-refractivity contribution in [3.63, 3.8) is 0 Å². The lowest BCUT2D eigenvalue weighted by Gasteiger charge is -2.14. The Kier molecular flexibility index (Phi) is 6.71. The average molecular weight is 511 g/mol. The molecule has 8 nitrogen and oxygen atoms in total. The van der Waals surface area contributed by atoms with Gasteiger partial charge in [-0.3, -0.25) is 14.4 Å². The number of carboxylic acids is 1. The molecule has 1 aliphatic rings. The molecule has 2 aromatic carbocycles. The third kappa shape index (κ3) is 4.76. The van der Waals surface area contributed by atoms with Crippen molar-refractivity contribution < 1.29 is 19.1 Å². The van der Waals surface area contributed by atoms with E-state index in [1.54, 1.807) is 53.2 Å². The van der Waals surface area contributed by atoms with E-state index in [4.69, 9.17) is 5.26 Å². The van der Waals surface area contributed by atoms with E-state index in [0.29, 0.717) is 47.3 Å². The van der Waals surface area contributed by atoms with Crippen LogP contribution in [0.15, 0.2) is 71.8 Å². The molecule has 1 fully saturated rings. The van der Waals surface area contributed by atoms with E-state index < -0.39 is 29.0 Å². The normalized spacial score (nSPS) is 16.1. The van der Waals surface area contributed by atoms with E-state index in [1.807, 2.05) is 12.1 Å². The number of benzene rings is 2. The largest absolute Gasteiger partial charge is 0.481 e. The van der Waals surface area contributed by atoms with Crippen LogP contribution in [0.25, 0.3) is 27.8 Å². The van der Waals surface area contributed by atoms with Crippen molar-refractivity contribution in [3.8, 4) is 22.9 Å². The number of aliphatic carboxylic acids is 1. The second-order valence-electron chi connectivity index (χ2n) is 9.21. The van der Waals surface area contributed by atoms with Crippen LogP contribution in [-0.2, 0) is 4.79 Å². The summed E-state index contributed by atoms with van der Waals surface area (Å²) < 4.78 is 16.6. The summed E-state index contributed by atoms with van der Waals surface area (Å²) in [6.45, 7) is 0.266. The standard InChI is InChI=1S/C29H23FN4O4/c30-25-14-18(8-9-20(25)22-15-23(22)29(37)38)17-5-3-6-19(13-17)34-16-24(28(36)33-11-2-1-10-31)26(35)21-7-4-12-32-27(21)34/h3-9,12-14,16,22-23H,1-2,11,15H2,(H,33,36)(H,37,38)/t22-,23+/m0/s1. The van der Waals surface area contributed by atoms with Gasteiger partial charge >= 0.3 is 5.97 Å². The summed E-state index contributed by atoms with van der Waals surface area (Å²) in [5.41, 5.74) is 2.18. The monoisotopic (exact) mass is 510 g/mol. The van der Waals surface area contributed by atoms with E-state index in [9.17, 15) is 23.9 Å². The van der Waals surface area contributed by atoms with Gasteiger partial charge in [-0.15, -0.1) is 0 Å². The highest BCUT2D eigenvalue weighted by Gasteiger charge is 2.45. The Morgan fingerprint density at radius 2 is 1.97 bits per heavy atom. The SMILES string of the molecule is N#CCCCNC(=O)c1cn(-c2cccc(-c3ccc([C@@H]4C[C@H]4C(=O)O)c(F)c3)c2)c2ncccc2c1=O. The molecule has 0 spiro atoms. The van der Waals surface area contributed by atoms with E-state index in [0.717, 1.165) is 0 Å². The molecule has 2 N–H and O–H groups in total. The first-order chi connectivity index (χ1) is 18.4. The van der Waals surface area contributed by atoms with Gasteiger partial charge in [0.2, 0.25) is 5.43 Å². The molecular formula is C29H23FN4O4. The van der Waals surface area contributed by atoms with E-state index in [-0.39, 0.29) is 23.4 Å². The quantitative estimate of drug-likeness (QED) is 0.338. The first kappa shape index (κ1) is 24.8. The smallest absolute Gasteiger partial charge is 0.307 e. The van der Waals surface area contributed by atoms with Gasteiger partial charge in [0, 0.05) is 37.0 Å². The molecule has 1 aliphatic carbocycles. The van der Waals surface area contributed by atoms with Crippen molar-refractivity contribution in [2.75, 3.05) is 6.54 Å². The lowest BCUT2D eigenvalue weighted by molar-refractivity contribution is -0.138. The fourth-order valence-electron chi connectivity index (χ4n) is 4.64. The summed E-state index contributed by atoms with van der Waals surface area (Å²) in [5, 5.41) is 20.8. The highest BCUT2D eigenvalue weighted by atomic mass is 19.1. The molecule has 5 rings (SSSR count). The van der Waals surface area contributed by atoms with Gasteiger partial charge in [0.05, 0.1) is 17.4 Å². The summed E-state index contributed by atoms with van der Waals surface area (Å²) in [6, 6.07) is 17.2. The number of aromatic nitrogens is 2. The molecule has 9 heteroatoms. The summed E-state index contributed by atoms with van der Waals surface area (Å²) >= 11 is 0. The Balaban J connectivity index is 1.52. The summed E-state index contributed by atoms with van der Waals surface area (Å²) in [7, 11) is 0. The maximum Gasteiger partial charge on any atom is 0.307 e. The van der Waals surface area contributed by atoms with Crippen molar-refractivity contribution in [1.82, 2.24) is 14.9 Å². The lowest BCUT2D eigenvalue weighted by atomic mass is 10.0. The van der Waals surface area contributed by atoms with Crippen LogP contribution in [0.4, 0.5) is 4.39 Å². The van der Waals surface area contributed by atoms with Crippen LogP contribution >= 0.6 is 0 Å². The van der Waals surface area contributed by atoms with Crippen molar-refractivity contribution in [2.24, 2.45) is 5.92 Å². The number of nitrogens with one attached hydrogen (secondary N) is 1. The number of halogens is 1. The second kappa shape index (κ2) is 10.3. The zero-order chi connectivity index (χ0) is 26.8. The molecule has 2 atom stereocenters. The number of nitriles is 1. The van der Waals surface area contributed by atoms with Gasteiger partial charge in [-0.05, 0) is 59.9 Å². The summed E-state index contributed by atoms with van der Waals surface area (Å²) in [5.74, 6) is -2.76. The minimum absolute atomic E-state index is 0.0549. The van der Waals surface area contributed by atoms with Crippen LogP contribution in [-0.4, -0.2) is 33.1 Å². The Morgan fingerprint density at radius 3 is 2.71 bits per heavy atom. The van der Waals surface area contributed by atoms with Gasteiger partial charge in [-0.25, -0.2) is 9.37 Å². The highest BCUT2D eigenvalue weighted by Crippen LogP contribution is 2.48. The maximum atomic E-state index is 14.9. The van der Waals surface area contributed by atoms with Crippen LogP contribution < -0.4 is 10.7 Å². The Morgan fingerprint density at radius 1 is 1.16 bits per heavy atom. The van der Waals surface area contributed by atoms with Crippen molar-refractivity contribution >= 4 is 22.9 Å². The number of nitrogens with zero attached hydrogens (tertiary/aromatic N) is 3. The zero-order valence-electron chi connectivity index (χ0n) is 20.2. The van der Waals surface area contributed by atoms with Gasteiger partial charge in [0.15, 0.2) is 0 Å². The molecule has 0 aliphatic heterocycles. The minimum Gasteiger partial charge on any atom is -0.481 e. The van der Waals surface area contributed by atoms with Crippen LogP contribution in [0.1, 0.15) is 41.1 Å². The van der Waals surface area contributed by atoms with Crippen LogP contribution in [0.5, 0.6) is 0 Å². The summed E-state index contributed by atoms with van der Waals surface area (Å²) in [6.07, 6.45) is 4.20. The van der Waals surface area contributed by atoms with E-state index in [2.05, 4.69) is 10.3 Å². The van der Waals surface area contributed by atoms with Gasteiger partial charge in [0.1, 0.15) is 17.0 Å². The fraction of sp³-hybridized carbons (Fsp3) is 0.207. The Hall–Kier alpha value is -4.84. The predicted molar refractivity (Wildman–Crippen MR) is 138 cm³/mol. The third-order valence-electron chi connectivity index (χ3n) is 6.72. The number of pyridine rings is 2. The highest BCUT2D eigenvalue weighted by molar-refractivity contribution is 5.97. The molecule has 1 amide bonds.